The van der Waals surface area contributed by atoms with Gasteiger partial charge in [0, 0.05) is 5.69 Å². The van der Waals surface area contributed by atoms with Crippen molar-refractivity contribution in [2.24, 2.45) is 0 Å². The highest BCUT2D eigenvalue weighted by atomic mass is 16.5. The van der Waals surface area contributed by atoms with E-state index in [4.69, 9.17) is 4.74 Å². The van der Waals surface area contributed by atoms with E-state index in [1.54, 1.807) is 24.3 Å². The number of nitrogens with one attached hydrogen (secondary N) is 1. The monoisotopic (exact) mass is 283 g/mol. The van der Waals surface area contributed by atoms with Crippen LogP contribution in [0.2, 0.25) is 0 Å². The number of carbonyl (C=O) groups excluding carboxylic acids is 2. The summed E-state index contributed by atoms with van der Waals surface area (Å²) in [6.07, 6.45) is 0. The lowest BCUT2D eigenvalue weighted by Gasteiger charge is -2.10. The lowest BCUT2D eigenvalue weighted by molar-refractivity contribution is 0.0597. The number of hydrogen-bond donors (Lipinski definition) is 1. The van der Waals surface area contributed by atoms with Gasteiger partial charge in [0.15, 0.2) is 0 Å². The molecule has 2 aromatic carbocycles. The second-order valence-electron chi connectivity index (χ2n) is 4.79. The maximum absolute atomic E-state index is 12.3. The Kier molecular flexibility index (Phi) is 4.38. The summed E-state index contributed by atoms with van der Waals surface area (Å²) in [5, 5.41) is 2.80. The molecule has 0 aliphatic carbocycles. The van der Waals surface area contributed by atoms with Gasteiger partial charge in [-0.15, -0.1) is 0 Å². The van der Waals surface area contributed by atoms with Crippen LogP contribution >= 0.6 is 0 Å². The van der Waals surface area contributed by atoms with Gasteiger partial charge in [0.1, 0.15) is 0 Å². The Morgan fingerprint density at radius 2 is 1.62 bits per heavy atom. The standard InChI is InChI=1S/C17H17NO3/c1-11-8-9-13(10-12(11)2)18-16(19)14-6-4-5-7-15(14)17(20)21-3/h4-10H,1-3H3,(H,18,19). The van der Waals surface area contributed by atoms with Gasteiger partial charge in [-0.3, -0.25) is 4.79 Å². The molecule has 4 heteroatoms. The van der Waals surface area contributed by atoms with E-state index in [1.165, 1.54) is 7.11 Å². The highest BCUT2D eigenvalue weighted by Crippen LogP contribution is 2.17. The summed E-state index contributed by atoms with van der Waals surface area (Å²) in [5.41, 5.74) is 3.49. The van der Waals surface area contributed by atoms with Gasteiger partial charge in [0.25, 0.3) is 5.91 Å². The van der Waals surface area contributed by atoms with E-state index < -0.39 is 5.97 Å². The number of esters is 1. The number of benzene rings is 2. The minimum absolute atomic E-state index is 0.251. The first-order valence-corrected chi connectivity index (χ1v) is 6.59. The normalized spacial score (nSPS) is 10.0. The largest absolute Gasteiger partial charge is 0.465 e. The molecule has 2 aromatic rings. The van der Waals surface area contributed by atoms with E-state index in [-0.39, 0.29) is 11.5 Å². The molecule has 1 N–H and O–H groups in total. The molecule has 0 atom stereocenters. The van der Waals surface area contributed by atoms with Crippen molar-refractivity contribution in [3.63, 3.8) is 0 Å². The molecule has 0 fully saturated rings. The summed E-state index contributed by atoms with van der Waals surface area (Å²) in [6.45, 7) is 3.99. The zero-order valence-corrected chi connectivity index (χ0v) is 12.3. The SMILES string of the molecule is COC(=O)c1ccccc1C(=O)Nc1ccc(C)c(C)c1. The Balaban J connectivity index is 2.28. The van der Waals surface area contributed by atoms with Crippen LogP contribution in [0, 0.1) is 13.8 Å². The van der Waals surface area contributed by atoms with E-state index >= 15 is 0 Å². The summed E-state index contributed by atoms with van der Waals surface area (Å²) in [4.78, 5) is 24.0. The van der Waals surface area contributed by atoms with Gasteiger partial charge in [-0.2, -0.15) is 0 Å². The predicted octanol–water partition coefficient (Wildman–Crippen LogP) is 3.34. The Hall–Kier alpha value is -2.62. The molecule has 0 aliphatic rings. The van der Waals surface area contributed by atoms with Crippen molar-refractivity contribution in [2.75, 3.05) is 12.4 Å². The average Bonchev–Trinajstić information content (AvgIpc) is 2.50. The quantitative estimate of drug-likeness (QED) is 0.879. The fourth-order valence-electron chi connectivity index (χ4n) is 1.99. The first kappa shape index (κ1) is 14.8. The maximum Gasteiger partial charge on any atom is 0.338 e. The minimum Gasteiger partial charge on any atom is -0.465 e. The van der Waals surface area contributed by atoms with E-state index in [2.05, 4.69) is 5.32 Å². The van der Waals surface area contributed by atoms with Gasteiger partial charge in [-0.05, 0) is 49.2 Å². The Morgan fingerprint density at radius 1 is 0.952 bits per heavy atom. The molecule has 0 heterocycles. The molecule has 108 valence electrons. The van der Waals surface area contributed by atoms with E-state index in [0.29, 0.717) is 11.3 Å². The first-order valence-electron chi connectivity index (χ1n) is 6.59. The van der Waals surface area contributed by atoms with Gasteiger partial charge in [0.05, 0.1) is 18.2 Å². The number of anilines is 1. The number of amides is 1. The predicted molar refractivity (Wildman–Crippen MR) is 81.7 cm³/mol. The first-order chi connectivity index (χ1) is 10.0. The molecule has 0 spiro atoms. The zero-order chi connectivity index (χ0) is 15.4. The molecule has 0 saturated heterocycles. The van der Waals surface area contributed by atoms with Crippen LogP contribution in [0.5, 0.6) is 0 Å². The van der Waals surface area contributed by atoms with E-state index in [1.807, 2.05) is 32.0 Å². The summed E-state index contributed by atoms with van der Waals surface area (Å²) in [6, 6.07) is 12.2. The fourth-order valence-corrected chi connectivity index (χ4v) is 1.99. The summed E-state index contributed by atoms with van der Waals surface area (Å²) < 4.78 is 4.69. The highest BCUT2D eigenvalue weighted by molar-refractivity contribution is 6.11. The van der Waals surface area contributed by atoms with Crippen LogP contribution in [-0.2, 0) is 4.74 Å². The molecule has 0 unspecified atom stereocenters. The molecular formula is C17H17NO3. The Morgan fingerprint density at radius 3 is 2.24 bits per heavy atom. The van der Waals surface area contributed by atoms with Crippen LogP contribution < -0.4 is 5.32 Å². The Bertz CT molecular complexity index is 692. The fraction of sp³-hybridized carbons (Fsp3) is 0.176. The Labute approximate surface area is 123 Å². The number of carbonyl (C=O) groups is 2. The number of aryl methyl sites for hydroxylation is 2. The van der Waals surface area contributed by atoms with Crippen LogP contribution in [0.15, 0.2) is 42.5 Å². The zero-order valence-electron chi connectivity index (χ0n) is 12.3. The van der Waals surface area contributed by atoms with Crippen molar-refractivity contribution in [1.82, 2.24) is 0 Å². The number of hydrogen-bond acceptors (Lipinski definition) is 3. The van der Waals surface area contributed by atoms with Crippen LogP contribution in [0.3, 0.4) is 0 Å². The van der Waals surface area contributed by atoms with Crippen molar-refractivity contribution in [2.45, 2.75) is 13.8 Å². The minimum atomic E-state index is -0.527. The average molecular weight is 283 g/mol. The summed E-state index contributed by atoms with van der Waals surface area (Å²) in [7, 11) is 1.29. The maximum atomic E-state index is 12.3. The third-order valence-electron chi connectivity index (χ3n) is 3.34. The molecule has 0 aliphatic heterocycles. The molecule has 1 amide bonds. The number of rotatable bonds is 3. The smallest absolute Gasteiger partial charge is 0.338 e. The van der Waals surface area contributed by atoms with Gasteiger partial charge in [-0.25, -0.2) is 4.79 Å². The van der Waals surface area contributed by atoms with Crippen molar-refractivity contribution in [1.29, 1.82) is 0 Å². The van der Waals surface area contributed by atoms with Crippen LogP contribution in [0.1, 0.15) is 31.8 Å². The lowest BCUT2D eigenvalue weighted by Crippen LogP contribution is -2.17. The molecular weight excluding hydrogens is 266 g/mol. The van der Waals surface area contributed by atoms with Crippen molar-refractivity contribution in [3.8, 4) is 0 Å². The topological polar surface area (TPSA) is 55.4 Å². The van der Waals surface area contributed by atoms with Gasteiger partial charge in [0.2, 0.25) is 0 Å². The van der Waals surface area contributed by atoms with Crippen LogP contribution in [0.25, 0.3) is 0 Å². The summed E-state index contributed by atoms with van der Waals surface area (Å²) >= 11 is 0. The van der Waals surface area contributed by atoms with Crippen LogP contribution in [0.4, 0.5) is 5.69 Å². The van der Waals surface area contributed by atoms with Gasteiger partial charge < -0.3 is 10.1 Å². The van der Waals surface area contributed by atoms with Crippen molar-refractivity contribution >= 4 is 17.6 Å². The third-order valence-corrected chi connectivity index (χ3v) is 3.34. The number of ether oxygens (including phenoxy) is 1. The molecule has 0 bridgehead atoms. The molecule has 4 nitrogen and oxygen atoms in total. The number of methoxy groups -OCH3 is 1. The molecule has 2 rings (SSSR count). The molecule has 0 aromatic heterocycles. The lowest BCUT2D eigenvalue weighted by atomic mass is 10.1. The second-order valence-corrected chi connectivity index (χ2v) is 4.79. The third kappa shape index (κ3) is 3.28. The highest BCUT2D eigenvalue weighted by Gasteiger charge is 2.17. The second kappa shape index (κ2) is 6.22. The molecule has 21 heavy (non-hydrogen) atoms. The van der Waals surface area contributed by atoms with Gasteiger partial charge >= 0.3 is 5.97 Å². The molecule has 0 saturated carbocycles. The van der Waals surface area contributed by atoms with Gasteiger partial charge in [-0.1, -0.05) is 18.2 Å². The van der Waals surface area contributed by atoms with E-state index in [0.717, 1.165) is 11.1 Å². The van der Waals surface area contributed by atoms with Crippen molar-refractivity contribution in [3.05, 3.63) is 64.7 Å². The van der Waals surface area contributed by atoms with Crippen molar-refractivity contribution < 1.29 is 14.3 Å². The summed E-state index contributed by atoms with van der Waals surface area (Å²) in [5.74, 6) is -0.861. The molecule has 0 radical (unpaired) electrons. The van der Waals surface area contributed by atoms with Crippen LogP contribution in [-0.4, -0.2) is 19.0 Å². The van der Waals surface area contributed by atoms with E-state index in [9.17, 15) is 9.59 Å².